The first-order valence-electron chi connectivity index (χ1n) is 6.94. The van der Waals surface area contributed by atoms with Crippen molar-refractivity contribution in [2.45, 2.75) is 44.1 Å². The highest BCUT2D eigenvalue weighted by molar-refractivity contribution is 5.97. The van der Waals surface area contributed by atoms with Gasteiger partial charge in [-0.15, -0.1) is 0 Å². The van der Waals surface area contributed by atoms with Crippen molar-refractivity contribution in [2.24, 2.45) is 0 Å². The molecule has 1 N–H and O–H groups in total. The molecule has 1 heterocycles. The maximum absolute atomic E-state index is 13.5. The molecule has 0 bridgehead atoms. The number of nitrogens with one attached hydrogen (secondary N) is 1. The lowest BCUT2D eigenvalue weighted by Crippen LogP contribution is -2.49. The molecule has 1 saturated carbocycles. The Balaban J connectivity index is 2.07. The number of anilines is 2. The van der Waals surface area contributed by atoms with Crippen molar-refractivity contribution in [3.63, 3.8) is 0 Å². The quantitative estimate of drug-likeness (QED) is 0.778. The van der Waals surface area contributed by atoms with Crippen LogP contribution in [-0.2, 0) is 4.79 Å². The minimum Gasteiger partial charge on any atom is -0.367 e. The first-order chi connectivity index (χ1) is 9.11. The number of carbonyl (C=O) groups excluding carboxylic acids is 1. The lowest BCUT2D eigenvalue weighted by Gasteiger charge is -2.44. The fourth-order valence-electron chi connectivity index (χ4n) is 3.48. The van der Waals surface area contributed by atoms with E-state index < -0.39 is 0 Å². The first kappa shape index (κ1) is 12.5. The smallest absolute Gasteiger partial charge is 0.226 e. The fourth-order valence-corrected chi connectivity index (χ4v) is 3.48. The monoisotopic (exact) mass is 262 g/mol. The van der Waals surface area contributed by atoms with Crippen LogP contribution in [0.15, 0.2) is 18.2 Å². The van der Waals surface area contributed by atoms with Gasteiger partial charge in [0, 0.05) is 12.6 Å². The van der Waals surface area contributed by atoms with E-state index in [9.17, 15) is 9.18 Å². The van der Waals surface area contributed by atoms with Gasteiger partial charge in [0.2, 0.25) is 5.91 Å². The topological polar surface area (TPSA) is 32.3 Å². The predicted octanol–water partition coefficient (Wildman–Crippen LogP) is 3.31. The number of fused-ring (bicyclic) bond motifs is 1. The second kappa shape index (κ2) is 4.51. The molecular weight excluding hydrogens is 243 g/mol. The molecular formula is C15H19FN2O. The van der Waals surface area contributed by atoms with Gasteiger partial charge in [-0.3, -0.25) is 4.79 Å². The van der Waals surface area contributed by atoms with E-state index in [-0.39, 0.29) is 17.3 Å². The van der Waals surface area contributed by atoms with Crippen LogP contribution in [0.4, 0.5) is 15.8 Å². The Bertz CT molecular complexity index is 509. The summed E-state index contributed by atoms with van der Waals surface area (Å²) in [6.45, 7) is 0. The molecule has 1 aliphatic heterocycles. The summed E-state index contributed by atoms with van der Waals surface area (Å²) in [5, 5.41) is 2.90. The minimum absolute atomic E-state index is 0.0408. The van der Waals surface area contributed by atoms with Crippen molar-refractivity contribution in [2.75, 3.05) is 17.3 Å². The summed E-state index contributed by atoms with van der Waals surface area (Å²) < 4.78 is 13.5. The van der Waals surface area contributed by atoms with Gasteiger partial charge in [-0.25, -0.2) is 4.39 Å². The average molecular weight is 262 g/mol. The Morgan fingerprint density at radius 2 is 2.00 bits per heavy atom. The Labute approximate surface area is 112 Å². The largest absolute Gasteiger partial charge is 0.367 e. The Kier molecular flexibility index (Phi) is 2.96. The van der Waals surface area contributed by atoms with Crippen molar-refractivity contribution in [3.8, 4) is 0 Å². The lowest BCUT2D eigenvalue weighted by molar-refractivity contribution is -0.117. The highest BCUT2D eigenvalue weighted by Gasteiger charge is 2.41. The summed E-state index contributed by atoms with van der Waals surface area (Å²) >= 11 is 0. The van der Waals surface area contributed by atoms with Gasteiger partial charge in [0.05, 0.1) is 17.8 Å². The Hall–Kier alpha value is -1.58. The SMILES string of the molecule is CN1c2cc(F)ccc2NC(=O)CC12CCCCC2. The number of rotatable bonds is 0. The van der Waals surface area contributed by atoms with Gasteiger partial charge in [-0.1, -0.05) is 19.3 Å². The summed E-state index contributed by atoms with van der Waals surface area (Å²) in [5.74, 6) is -0.216. The minimum atomic E-state index is -0.257. The van der Waals surface area contributed by atoms with Crippen LogP contribution in [0.1, 0.15) is 38.5 Å². The number of halogens is 1. The van der Waals surface area contributed by atoms with Gasteiger partial charge in [0.15, 0.2) is 0 Å². The van der Waals surface area contributed by atoms with Gasteiger partial charge in [0.1, 0.15) is 5.82 Å². The van der Waals surface area contributed by atoms with E-state index in [4.69, 9.17) is 0 Å². The summed E-state index contributed by atoms with van der Waals surface area (Å²) in [5.41, 5.74) is 1.38. The second-order valence-corrected chi connectivity index (χ2v) is 5.73. The molecule has 0 radical (unpaired) electrons. The number of nitrogens with zero attached hydrogens (tertiary/aromatic N) is 1. The van der Waals surface area contributed by atoms with E-state index >= 15 is 0 Å². The fraction of sp³-hybridized carbons (Fsp3) is 0.533. The van der Waals surface area contributed by atoms with Crippen molar-refractivity contribution >= 4 is 17.3 Å². The molecule has 0 atom stereocenters. The van der Waals surface area contributed by atoms with Crippen LogP contribution in [0.2, 0.25) is 0 Å². The molecule has 2 aliphatic rings. The van der Waals surface area contributed by atoms with Crippen LogP contribution in [0.3, 0.4) is 0 Å². The molecule has 1 aromatic rings. The van der Waals surface area contributed by atoms with E-state index in [0.29, 0.717) is 6.42 Å². The van der Waals surface area contributed by atoms with Crippen molar-refractivity contribution in [3.05, 3.63) is 24.0 Å². The molecule has 1 spiro atoms. The van der Waals surface area contributed by atoms with Crippen LogP contribution in [0, 0.1) is 5.82 Å². The zero-order chi connectivity index (χ0) is 13.5. The molecule has 102 valence electrons. The molecule has 3 rings (SSSR count). The number of carbonyl (C=O) groups is 1. The van der Waals surface area contributed by atoms with E-state index in [1.54, 1.807) is 6.07 Å². The maximum atomic E-state index is 13.5. The second-order valence-electron chi connectivity index (χ2n) is 5.73. The van der Waals surface area contributed by atoms with E-state index in [1.807, 2.05) is 7.05 Å². The van der Waals surface area contributed by atoms with E-state index in [0.717, 1.165) is 37.1 Å². The Morgan fingerprint density at radius 1 is 1.26 bits per heavy atom. The van der Waals surface area contributed by atoms with Crippen LogP contribution in [0.25, 0.3) is 0 Å². The normalized spacial score (nSPS) is 21.8. The Morgan fingerprint density at radius 3 is 2.74 bits per heavy atom. The molecule has 1 aliphatic carbocycles. The van der Waals surface area contributed by atoms with Crippen molar-refractivity contribution < 1.29 is 9.18 Å². The summed E-state index contributed by atoms with van der Waals surface area (Å²) in [7, 11) is 1.99. The molecule has 1 amide bonds. The highest BCUT2D eigenvalue weighted by atomic mass is 19.1. The average Bonchev–Trinajstić information content (AvgIpc) is 2.49. The van der Waals surface area contributed by atoms with Crippen LogP contribution >= 0.6 is 0 Å². The molecule has 3 nitrogen and oxygen atoms in total. The number of benzene rings is 1. The van der Waals surface area contributed by atoms with Gasteiger partial charge in [0.25, 0.3) is 0 Å². The summed E-state index contributed by atoms with van der Waals surface area (Å²) in [4.78, 5) is 14.2. The number of hydrogen-bond donors (Lipinski definition) is 1. The van der Waals surface area contributed by atoms with E-state index in [1.165, 1.54) is 18.6 Å². The molecule has 0 saturated heterocycles. The molecule has 1 fully saturated rings. The standard InChI is InChI=1S/C15H19FN2O/c1-18-13-9-11(16)5-6-12(13)17-14(19)10-15(18)7-3-2-4-8-15/h5-6,9H,2-4,7-8,10H2,1H3,(H,17,19). The number of hydrogen-bond acceptors (Lipinski definition) is 2. The van der Waals surface area contributed by atoms with Crippen LogP contribution in [0.5, 0.6) is 0 Å². The third kappa shape index (κ3) is 2.09. The molecule has 4 heteroatoms. The lowest BCUT2D eigenvalue weighted by atomic mass is 9.78. The first-order valence-corrected chi connectivity index (χ1v) is 6.94. The third-order valence-corrected chi connectivity index (χ3v) is 4.58. The third-order valence-electron chi connectivity index (χ3n) is 4.58. The summed E-state index contributed by atoms with van der Waals surface area (Å²) in [6, 6.07) is 4.57. The van der Waals surface area contributed by atoms with Gasteiger partial charge in [-0.2, -0.15) is 0 Å². The molecule has 1 aromatic carbocycles. The maximum Gasteiger partial charge on any atom is 0.226 e. The van der Waals surface area contributed by atoms with Crippen molar-refractivity contribution in [1.82, 2.24) is 0 Å². The molecule has 0 unspecified atom stereocenters. The van der Waals surface area contributed by atoms with E-state index in [2.05, 4.69) is 10.2 Å². The van der Waals surface area contributed by atoms with Gasteiger partial charge >= 0.3 is 0 Å². The van der Waals surface area contributed by atoms with Crippen LogP contribution < -0.4 is 10.2 Å². The number of amides is 1. The summed E-state index contributed by atoms with van der Waals surface area (Å²) in [6.07, 6.45) is 6.03. The predicted molar refractivity (Wildman–Crippen MR) is 73.9 cm³/mol. The van der Waals surface area contributed by atoms with Gasteiger partial charge < -0.3 is 10.2 Å². The molecule has 0 aromatic heterocycles. The van der Waals surface area contributed by atoms with Crippen LogP contribution in [-0.4, -0.2) is 18.5 Å². The highest BCUT2D eigenvalue weighted by Crippen LogP contribution is 2.43. The zero-order valence-corrected chi connectivity index (χ0v) is 11.2. The molecule has 19 heavy (non-hydrogen) atoms. The van der Waals surface area contributed by atoms with Crippen molar-refractivity contribution in [1.29, 1.82) is 0 Å². The van der Waals surface area contributed by atoms with Gasteiger partial charge in [-0.05, 0) is 31.0 Å². The zero-order valence-electron chi connectivity index (χ0n) is 11.2.